The predicted octanol–water partition coefficient (Wildman–Crippen LogP) is 3.56. The van der Waals surface area contributed by atoms with Gasteiger partial charge >= 0.3 is 0 Å². The molecule has 2 rings (SSSR count). The van der Waals surface area contributed by atoms with Crippen molar-refractivity contribution in [2.75, 3.05) is 0 Å². The van der Waals surface area contributed by atoms with Gasteiger partial charge in [0.25, 0.3) is 0 Å². The van der Waals surface area contributed by atoms with Gasteiger partial charge in [0.15, 0.2) is 0 Å². The molecular formula is C13H14ClNO. The average Bonchev–Trinajstić information content (AvgIpc) is 2.23. The summed E-state index contributed by atoms with van der Waals surface area (Å²) in [6, 6.07) is 5.97. The first kappa shape index (κ1) is 11.4. The molecule has 16 heavy (non-hydrogen) atoms. The molecule has 0 fully saturated rings. The molecule has 0 aliphatic rings. The van der Waals surface area contributed by atoms with Crippen LogP contribution in [0.2, 0.25) is 5.15 Å². The molecule has 1 aromatic carbocycles. The van der Waals surface area contributed by atoms with Crippen molar-refractivity contribution < 1.29 is 5.11 Å². The van der Waals surface area contributed by atoms with Crippen LogP contribution in [0.1, 0.15) is 29.7 Å². The summed E-state index contributed by atoms with van der Waals surface area (Å²) in [5.74, 6) is 0. The highest BCUT2D eigenvalue weighted by atomic mass is 35.5. The molecule has 1 heterocycles. The summed E-state index contributed by atoms with van der Waals surface area (Å²) in [7, 11) is 0. The molecule has 1 aromatic heterocycles. The van der Waals surface area contributed by atoms with E-state index in [1.807, 2.05) is 26.0 Å². The Morgan fingerprint density at radius 1 is 1.31 bits per heavy atom. The molecule has 0 saturated heterocycles. The summed E-state index contributed by atoms with van der Waals surface area (Å²) in [6.45, 7) is 5.77. The van der Waals surface area contributed by atoms with Crippen LogP contribution in [-0.4, -0.2) is 10.1 Å². The Bertz CT molecular complexity index is 549. The van der Waals surface area contributed by atoms with E-state index >= 15 is 0 Å². The second kappa shape index (κ2) is 4.04. The lowest BCUT2D eigenvalue weighted by Gasteiger charge is -2.10. The number of aryl methyl sites for hydroxylation is 2. The van der Waals surface area contributed by atoms with Gasteiger partial charge < -0.3 is 5.11 Å². The first-order valence-electron chi connectivity index (χ1n) is 5.25. The van der Waals surface area contributed by atoms with Crippen molar-refractivity contribution in [1.29, 1.82) is 0 Å². The van der Waals surface area contributed by atoms with Crippen LogP contribution in [0, 0.1) is 13.8 Å². The lowest BCUT2D eigenvalue weighted by atomic mass is 10.0. The fourth-order valence-electron chi connectivity index (χ4n) is 1.77. The fourth-order valence-corrected chi connectivity index (χ4v) is 2.07. The number of fused-ring (bicyclic) bond motifs is 1. The Kier molecular flexibility index (Phi) is 2.87. The first-order valence-corrected chi connectivity index (χ1v) is 5.63. The van der Waals surface area contributed by atoms with Crippen molar-refractivity contribution in [3.8, 4) is 0 Å². The topological polar surface area (TPSA) is 33.1 Å². The summed E-state index contributed by atoms with van der Waals surface area (Å²) in [6.07, 6.45) is -0.592. The monoisotopic (exact) mass is 235 g/mol. The zero-order chi connectivity index (χ0) is 11.9. The van der Waals surface area contributed by atoms with Crippen LogP contribution < -0.4 is 0 Å². The average molecular weight is 236 g/mol. The molecule has 0 amide bonds. The summed E-state index contributed by atoms with van der Waals surface area (Å²) in [5.41, 5.74) is 3.92. The van der Waals surface area contributed by atoms with Crippen LogP contribution in [-0.2, 0) is 0 Å². The number of aliphatic hydroxyl groups excluding tert-OH is 1. The van der Waals surface area contributed by atoms with E-state index in [0.29, 0.717) is 10.7 Å². The summed E-state index contributed by atoms with van der Waals surface area (Å²) in [4.78, 5) is 4.36. The van der Waals surface area contributed by atoms with Gasteiger partial charge in [0.05, 0.1) is 11.6 Å². The zero-order valence-corrected chi connectivity index (χ0v) is 10.3. The van der Waals surface area contributed by atoms with Gasteiger partial charge in [0.1, 0.15) is 5.15 Å². The summed E-state index contributed by atoms with van der Waals surface area (Å²) >= 11 is 6.05. The number of aliphatic hydroxyl groups is 1. The Labute approximate surface area is 99.9 Å². The first-order chi connectivity index (χ1) is 7.50. The molecule has 0 spiro atoms. The third-order valence-electron chi connectivity index (χ3n) is 2.94. The minimum atomic E-state index is -0.592. The van der Waals surface area contributed by atoms with E-state index in [9.17, 15) is 5.11 Å². The van der Waals surface area contributed by atoms with Crippen LogP contribution in [0.25, 0.3) is 10.9 Å². The molecule has 84 valence electrons. The van der Waals surface area contributed by atoms with Gasteiger partial charge in [-0.25, -0.2) is 4.98 Å². The Morgan fingerprint density at radius 2 is 2.00 bits per heavy atom. The molecule has 2 aromatic rings. The van der Waals surface area contributed by atoms with Crippen LogP contribution >= 0.6 is 11.6 Å². The van der Waals surface area contributed by atoms with Gasteiger partial charge in [-0.05, 0) is 38.0 Å². The molecule has 0 saturated carbocycles. The van der Waals surface area contributed by atoms with Gasteiger partial charge in [-0.15, -0.1) is 0 Å². The van der Waals surface area contributed by atoms with E-state index in [4.69, 9.17) is 11.6 Å². The number of nitrogens with zero attached hydrogens (tertiary/aromatic N) is 1. The van der Waals surface area contributed by atoms with Gasteiger partial charge in [0, 0.05) is 10.9 Å². The SMILES string of the molecule is Cc1ccc2cc(C(C)O)c(Cl)nc2c1C. The van der Waals surface area contributed by atoms with Crippen LogP contribution in [0.3, 0.4) is 0 Å². The highest BCUT2D eigenvalue weighted by molar-refractivity contribution is 6.30. The number of hydrogen-bond acceptors (Lipinski definition) is 2. The second-order valence-corrected chi connectivity index (χ2v) is 4.48. The van der Waals surface area contributed by atoms with Gasteiger partial charge in [-0.3, -0.25) is 0 Å². The Balaban J connectivity index is 2.79. The molecule has 3 heteroatoms. The lowest BCUT2D eigenvalue weighted by Crippen LogP contribution is -1.96. The Morgan fingerprint density at radius 3 is 2.62 bits per heavy atom. The molecular weight excluding hydrogens is 222 g/mol. The van der Waals surface area contributed by atoms with E-state index < -0.39 is 6.10 Å². The van der Waals surface area contributed by atoms with Crippen molar-refractivity contribution in [2.45, 2.75) is 26.9 Å². The van der Waals surface area contributed by atoms with Crippen LogP contribution in [0.5, 0.6) is 0 Å². The van der Waals surface area contributed by atoms with E-state index in [0.717, 1.165) is 16.5 Å². The van der Waals surface area contributed by atoms with Crippen molar-refractivity contribution in [3.05, 3.63) is 40.0 Å². The van der Waals surface area contributed by atoms with Crippen molar-refractivity contribution in [1.82, 2.24) is 4.98 Å². The van der Waals surface area contributed by atoms with E-state index in [1.165, 1.54) is 5.56 Å². The molecule has 2 nitrogen and oxygen atoms in total. The van der Waals surface area contributed by atoms with Crippen molar-refractivity contribution >= 4 is 22.5 Å². The minimum Gasteiger partial charge on any atom is -0.389 e. The van der Waals surface area contributed by atoms with Crippen LogP contribution in [0.15, 0.2) is 18.2 Å². The number of aromatic nitrogens is 1. The molecule has 0 radical (unpaired) electrons. The van der Waals surface area contributed by atoms with Crippen molar-refractivity contribution in [3.63, 3.8) is 0 Å². The number of pyridine rings is 1. The smallest absolute Gasteiger partial charge is 0.135 e. The zero-order valence-electron chi connectivity index (χ0n) is 9.58. The number of rotatable bonds is 1. The highest BCUT2D eigenvalue weighted by Crippen LogP contribution is 2.28. The molecule has 0 aliphatic carbocycles. The molecule has 0 bridgehead atoms. The number of halogens is 1. The molecule has 0 aliphatic heterocycles. The van der Waals surface area contributed by atoms with Gasteiger partial charge in [0.2, 0.25) is 0 Å². The lowest BCUT2D eigenvalue weighted by molar-refractivity contribution is 0.199. The third kappa shape index (κ3) is 1.79. The predicted molar refractivity (Wildman–Crippen MR) is 66.9 cm³/mol. The third-order valence-corrected chi connectivity index (χ3v) is 3.25. The maximum absolute atomic E-state index is 9.56. The van der Waals surface area contributed by atoms with Crippen LogP contribution in [0.4, 0.5) is 0 Å². The Hall–Kier alpha value is -1.12. The molecule has 1 atom stereocenters. The largest absolute Gasteiger partial charge is 0.389 e. The highest BCUT2D eigenvalue weighted by Gasteiger charge is 2.11. The minimum absolute atomic E-state index is 0.385. The molecule has 1 N–H and O–H groups in total. The number of hydrogen-bond donors (Lipinski definition) is 1. The van der Waals surface area contributed by atoms with Gasteiger partial charge in [-0.1, -0.05) is 23.7 Å². The standard InChI is InChI=1S/C13H14ClNO/c1-7-4-5-10-6-11(9(3)16)13(14)15-12(10)8(7)2/h4-6,9,16H,1-3H3. The van der Waals surface area contributed by atoms with Crippen molar-refractivity contribution in [2.24, 2.45) is 0 Å². The quantitative estimate of drug-likeness (QED) is 0.767. The maximum atomic E-state index is 9.56. The second-order valence-electron chi connectivity index (χ2n) is 4.12. The normalized spacial score (nSPS) is 13.1. The van der Waals surface area contributed by atoms with Gasteiger partial charge in [-0.2, -0.15) is 0 Å². The fraction of sp³-hybridized carbons (Fsp3) is 0.308. The molecule has 1 unspecified atom stereocenters. The van der Waals surface area contributed by atoms with E-state index in [-0.39, 0.29) is 0 Å². The van der Waals surface area contributed by atoms with E-state index in [2.05, 4.69) is 11.1 Å². The number of benzene rings is 1. The summed E-state index contributed by atoms with van der Waals surface area (Å²) < 4.78 is 0. The summed E-state index contributed by atoms with van der Waals surface area (Å²) in [5, 5.41) is 11.0. The van der Waals surface area contributed by atoms with E-state index in [1.54, 1.807) is 6.92 Å². The maximum Gasteiger partial charge on any atom is 0.135 e.